The number of nitrogens with zero attached hydrogens (tertiary/aromatic N) is 2. The SMILES string of the molecule is CCCCN(Cc1cccc(CN)n1)c1ccccc1. The standard InChI is InChI=1S/C17H23N3/c1-2-3-12-20(17-10-5-4-6-11-17)14-16-9-7-8-15(13-18)19-16/h4-11H,2-3,12-14,18H2,1H3. The maximum absolute atomic E-state index is 5.66. The number of pyridine rings is 1. The molecule has 0 atom stereocenters. The van der Waals surface area contributed by atoms with Gasteiger partial charge in [0, 0.05) is 18.8 Å². The van der Waals surface area contributed by atoms with Gasteiger partial charge in [-0.05, 0) is 30.7 Å². The summed E-state index contributed by atoms with van der Waals surface area (Å²) in [5, 5.41) is 0. The molecule has 1 aromatic carbocycles. The smallest absolute Gasteiger partial charge is 0.0602 e. The van der Waals surface area contributed by atoms with Gasteiger partial charge in [0.05, 0.1) is 17.9 Å². The van der Waals surface area contributed by atoms with Gasteiger partial charge in [0.25, 0.3) is 0 Å². The van der Waals surface area contributed by atoms with E-state index in [2.05, 4.69) is 53.2 Å². The minimum atomic E-state index is 0.494. The third-order valence-corrected chi connectivity index (χ3v) is 3.33. The van der Waals surface area contributed by atoms with Crippen LogP contribution in [0.5, 0.6) is 0 Å². The average Bonchev–Trinajstić information content (AvgIpc) is 2.52. The number of hydrogen-bond donors (Lipinski definition) is 1. The van der Waals surface area contributed by atoms with E-state index >= 15 is 0 Å². The second kappa shape index (κ2) is 7.65. The summed E-state index contributed by atoms with van der Waals surface area (Å²) in [6, 6.07) is 16.6. The first kappa shape index (κ1) is 14.5. The van der Waals surface area contributed by atoms with Crippen molar-refractivity contribution in [3.63, 3.8) is 0 Å². The molecule has 0 unspecified atom stereocenters. The van der Waals surface area contributed by atoms with Crippen LogP contribution in [0, 0.1) is 0 Å². The number of aromatic nitrogens is 1. The molecule has 2 aromatic rings. The van der Waals surface area contributed by atoms with Gasteiger partial charge >= 0.3 is 0 Å². The summed E-state index contributed by atoms with van der Waals surface area (Å²) in [7, 11) is 0. The topological polar surface area (TPSA) is 42.1 Å². The Labute approximate surface area is 121 Å². The third kappa shape index (κ3) is 4.07. The fourth-order valence-corrected chi connectivity index (χ4v) is 2.21. The third-order valence-electron chi connectivity index (χ3n) is 3.33. The van der Waals surface area contributed by atoms with Crippen LogP contribution in [0.15, 0.2) is 48.5 Å². The van der Waals surface area contributed by atoms with Crippen LogP contribution >= 0.6 is 0 Å². The first-order valence-corrected chi connectivity index (χ1v) is 7.28. The highest BCUT2D eigenvalue weighted by Crippen LogP contribution is 2.17. The zero-order chi connectivity index (χ0) is 14.2. The molecule has 0 radical (unpaired) electrons. The van der Waals surface area contributed by atoms with E-state index < -0.39 is 0 Å². The van der Waals surface area contributed by atoms with E-state index in [0.29, 0.717) is 6.54 Å². The zero-order valence-corrected chi connectivity index (χ0v) is 12.1. The lowest BCUT2D eigenvalue weighted by atomic mass is 10.2. The Kier molecular flexibility index (Phi) is 5.56. The Morgan fingerprint density at radius 2 is 1.75 bits per heavy atom. The molecule has 106 valence electrons. The van der Waals surface area contributed by atoms with Crippen LogP contribution in [0.25, 0.3) is 0 Å². The fourth-order valence-electron chi connectivity index (χ4n) is 2.21. The van der Waals surface area contributed by atoms with Gasteiger partial charge in [-0.1, -0.05) is 37.6 Å². The van der Waals surface area contributed by atoms with Crippen LogP contribution in [0.3, 0.4) is 0 Å². The second-order valence-electron chi connectivity index (χ2n) is 4.94. The van der Waals surface area contributed by atoms with E-state index in [4.69, 9.17) is 5.73 Å². The lowest BCUT2D eigenvalue weighted by molar-refractivity contribution is 0.705. The van der Waals surface area contributed by atoms with Crippen molar-refractivity contribution >= 4 is 5.69 Å². The molecule has 0 spiro atoms. The molecule has 0 aliphatic heterocycles. The van der Waals surface area contributed by atoms with E-state index in [1.807, 2.05) is 12.1 Å². The lowest BCUT2D eigenvalue weighted by Gasteiger charge is -2.24. The van der Waals surface area contributed by atoms with Crippen molar-refractivity contribution in [3.05, 3.63) is 59.9 Å². The Morgan fingerprint density at radius 3 is 2.45 bits per heavy atom. The van der Waals surface area contributed by atoms with E-state index in [1.54, 1.807) is 0 Å². The summed E-state index contributed by atoms with van der Waals surface area (Å²) in [6.45, 7) is 4.59. The minimum absolute atomic E-state index is 0.494. The van der Waals surface area contributed by atoms with Crippen molar-refractivity contribution in [2.24, 2.45) is 5.73 Å². The highest BCUT2D eigenvalue weighted by molar-refractivity contribution is 5.46. The van der Waals surface area contributed by atoms with Crippen LogP contribution in [-0.4, -0.2) is 11.5 Å². The zero-order valence-electron chi connectivity index (χ0n) is 12.1. The van der Waals surface area contributed by atoms with Crippen molar-refractivity contribution in [1.29, 1.82) is 0 Å². The second-order valence-corrected chi connectivity index (χ2v) is 4.94. The van der Waals surface area contributed by atoms with Gasteiger partial charge in [-0.2, -0.15) is 0 Å². The number of nitrogens with two attached hydrogens (primary N) is 1. The Hall–Kier alpha value is -1.87. The molecule has 2 rings (SSSR count). The van der Waals surface area contributed by atoms with Gasteiger partial charge < -0.3 is 10.6 Å². The van der Waals surface area contributed by atoms with Gasteiger partial charge in [0.2, 0.25) is 0 Å². The Balaban J connectivity index is 2.14. The molecule has 0 aliphatic rings. The molecule has 0 saturated heterocycles. The van der Waals surface area contributed by atoms with Crippen molar-refractivity contribution < 1.29 is 0 Å². The van der Waals surface area contributed by atoms with E-state index in [-0.39, 0.29) is 0 Å². The first-order chi connectivity index (χ1) is 9.83. The summed E-state index contributed by atoms with van der Waals surface area (Å²) >= 11 is 0. The van der Waals surface area contributed by atoms with Crippen LogP contribution in [0.4, 0.5) is 5.69 Å². The number of unbranched alkanes of at least 4 members (excludes halogenated alkanes) is 1. The van der Waals surface area contributed by atoms with Crippen molar-refractivity contribution in [3.8, 4) is 0 Å². The van der Waals surface area contributed by atoms with Crippen LogP contribution in [0.1, 0.15) is 31.2 Å². The minimum Gasteiger partial charge on any atom is -0.366 e. The Bertz CT molecular complexity index is 511. The van der Waals surface area contributed by atoms with Gasteiger partial charge in [0.1, 0.15) is 0 Å². The quantitative estimate of drug-likeness (QED) is 0.838. The van der Waals surface area contributed by atoms with Gasteiger partial charge in [0.15, 0.2) is 0 Å². The molecule has 0 fully saturated rings. The Morgan fingerprint density at radius 1 is 1.00 bits per heavy atom. The maximum Gasteiger partial charge on any atom is 0.0602 e. The van der Waals surface area contributed by atoms with E-state index in [1.165, 1.54) is 18.5 Å². The summed E-state index contributed by atoms with van der Waals surface area (Å²) in [5.74, 6) is 0. The molecule has 0 bridgehead atoms. The van der Waals surface area contributed by atoms with Crippen LogP contribution < -0.4 is 10.6 Å². The molecule has 0 saturated carbocycles. The molecule has 3 nitrogen and oxygen atoms in total. The highest BCUT2D eigenvalue weighted by Gasteiger charge is 2.07. The fraction of sp³-hybridized carbons (Fsp3) is 0.353. The normalized spacial score (nSPS) is 10.5. The number of anilines is 1. The van der Waals surface area contributed by atoms with Crippen molar-refractivity contribution in [2.45, 2.75) is 32.9 Å². The van der Waals surface area contributed by atoms with Crippen LogP contribution in [0.2, 0.25) is 0 Å². The highest BCUT2D eigenvalue weighted by atomic mass is 15.1. The molecular formula is C17H23N3. The predicted molar refractivity (Wildman–Crippen MR) is 84.5 cm³/mol. The number of para-hydroxylation sites is 1. The largest absolute Gasteiger partial charge is 0.366 e. The summed E-state index contributed by atoms with van der Waals surface area (Å²) in [5.41, 5.74) is 8.94. The van der Waals surface area contributed by atoms with Gasteiger partial charge in [-0.15, -0.1) is 0 Å². The summed E-state index contributed by atoms with van der Waals surface area (Å²) < 4.78 is 0. The van der Waals surface area contributed by atoms with E-state index in [0.717, 1.165) is 24.5 Å². The van der Waals surface area contributed by atoms with E-state index in [9.17, 15) is 0 Å². The molecule has 2 N–H and O–H groups in total. The summed E-state index contributed by atoms with van der Waals surface area (Å²) in [6.07, 6.45) is 2.38. The first-order valence-electron chi connectivity index (χ1n) is 7.28. The molecule has 1 heterocycles. The number of hydrogen-bond acceptors (Lipinski definition) is 3. The summed E-state index contributed by atoms with van der Waals surface area (Å²) in [4.78, 5) is 6.98. The molecule has 3 heteroatoms. The van der Waals surface area contributed by atoms with Gasteiger partial charge in [-0.25, -0.2) is 0 Å². The average molecular weight is 269 g/mol. The molecule has 20 heavy (non-hydrogen) atoms. The van der Waals surface area contributed by atoms with Crippen molar-refractivity contribution in [1.82, 2.24) is 4.98 Å². The molecule has 0 aliphatic carbocycles. The predicted octanol–water partition coefficient (Wildman–Crippen LogP) is 3.35. The number of benzene rings is 1. The number of rotatable bonds is 7. The molecule has 0 amide bonds. The van der Waals surface area contributed by atoms with Crippen LogP contribution in [-0.2, 0) is 13.1 Å². The lowest BCUT2D eigenvalue weighted by Crippen LogP contribution is -2.24. The monoisotopic (exact) mass is 269 g/mol. The van der Waals surface area contributed by atoms with Crippen molar-refractivity contribution in [2.75, 3.05) is 11.4 Å². The molecule has 1 aromatic heterocycles. The molecular weight excluding hydrogens is 246 g/mol. The maximum atomic E-state index is 5.66. The van der Waals surface area contributed by atoms with Gasteiger partial charge in [-0.3, -0.25) is 4.98 Å².